The topological polar surface area (TPSA) is 54.4 Å². The molecule has 126 valence electrons. The molecule has 0 spiro atoms. The summed E-state index contributed by atoms with van der Waals surface area (Å²) in [6.07, 6.45) is 8.59. The van der Waals surface area contributed by atoms with E-state index in [4.69, 9.17) is 0 Å². The van der Waals surface area contributed by atoms with E-state index in [1.807, 2.05) is 6.92 Å². The van der Waals surface area contributed by atoms with Crippen LogP contribution in [0.1, 0.15) is 65.2 Å². The Morgan fingerprint density at radius 2 is 1.83 bits per heavy atom. The average Bonchev–Trinajstić information content (AvgIpc) is 2.77. The number of allylic oxidation sites excluding steroid dienone is 1. The molecule has 6 atom stereocenters. The fourth-order valence-electron chi connectivity index (χ4n) is 6.71. The van der Waals surface area contributed by atoms with Gasteiger partial charge in [-0.25, -0.2) is 0 Å². The summed E-state index contributed by atoms with van der Waals surface area (Å²) >= 11 is 0. The third-order valence-electron chi connectivity index (χ3n) is 8.21. The van der Waals surface area contributed by atoms with Crippen molar-refractivity contribution in [2.45, 2.75) is 70.8 Å². The lowest BCUT2D eigenvalue weighted by Gasteiger charge is -2.55. The lowest BCUT2D eigenvalue weighted by Crippen LogP contribution is -2.51. The van der Waals surface area contributed by atoms with Gasteiger partial charge in [0.05, 0.1) is 11.2 Å². The molecule has 0 bridgehead atoms. The third kappa shape index (κ3) is 1.98. The van der Waals surface area contributed by atoms with Crippen molar-refractivity contribution in [3.05, 3.63) is 11.1 Å². The van der Waals surface area contributed by atoms with Gasteiger partial charge in [0.15, 0.2) is 12.1 Å². The number of carbonyl (C=O) groups is 2. The minimum Gasteiger partial charge on any atom is -0.390 e. The zero-order valence-electron chi connectivity index (χ0n) is 14.3. The molecular weight excluding hydrogens is 288 g/mol. The number of ketones is 1. The number of fused-ring (bicyclic) bond motifs is 5. The van der Waals surface area contributed by atoms with Crippen LogP contribution in [0.5, 0.6) is 0 Å². The highest BCUT2D eigenvalue weighted by Crippen LogP contribution is 2.64. The maximum Gasteiger partial charge on any atom is 0.166 e. The highest BCUT2D eigenvalue weighted by Gasteiger charge is 2.60. The molecule has 0 aromatic heterocycles. The van der Waals surface area contributed by atoms with Gasteiger partial charge in [-0.15, -0.1) is 0 Å². The van der Waals surface area contributed by atoms with Gasteiger partial charge in [-0.3, -0.25) is 9.59 Å². The molecule has 3 nitrogen and oxygen atoms in total. The molecule has 0 heterocycles. The van der Waals surface area contributed by atoms with E-state index >= 15 is 0 Å². The Bertz CT molecular complexity index is 588. The summed E-state index contributed by atoms with van der Waals surface area (Å²) in [6, 6.07) is 0. The summed E-state index contributed by atoms with van der Waals surface area (Å²) < 4.78 is 0. The second kappa shape index (κ2) is 5.02. The predicted molar refractivity (Wildman–Crippen MR) is 87.7 cm³/mol. The smallest absolute Gasteiger partial charge is 0.166 e. The van der Waals surface area contributed by atoms with Crippen LogP contribution in [0, 0.1) is 29.1 Å². The molecule has 4 aliphatic carbocycles. The lowest BCUT2D eigenvalue weighted by molar-refractivity contribution is -0.120. The molecule has 3 heteroatoms. The summed E-state index contributed by atoms with van der Waals surface area (Å²) in [6.45, 7) is 4.33. The van der Waals surface area contributed by atoms with Gasteiger partial charge in [-0.1, -0.05) is 12.5 Å². The number of rotatable bonds is 1. The summed E-state index contributed by atoms with van der Waals surface area (Å²) in [4.78, 5) is 23.4. The molecule has 23 heavy (non-hydrogen) atoms. The molecule has 3 fully saturated rings. The first-order valence-corrected chi connectivity index (χ1v) is 9.33. The predicted octanol–water partition coefficient (Wildman–Crippen LogP) is 3.45. The Labute approximate surface area is 138 Å². The van der Waals surface area contributed by atoms with Crippen LogP contribution < -0.4 is 0 Å². The van der Waals surface area contributed by atoms with Crippen LogP contribution in [0.3, 0.4) is 0 Å². The van der Waals surface area contributed by atoms with Gasteiger partial charge in [0.25, 0.3) is 0 Å². The molecule has 0 saturated heterocycles. The fourth-order valence-corrected chi connectivity index (χ4v) is 6.71. The van der Waals surface area contributed by atoms with Crippen molar-refractivity contribution >= 4 is 12.1 Å². The van der Waals surface area contributed by atoms with Crippen LogP contribution in [-0.2, 0) is 9.59 Å². The number of hydrogen-bond donors (Lipinski definition) is 1. The lowest BCUT2D eigenvalue weighted by atomic mass is 9.50. The summed E-state index contributed by atoms with van der Waals surface area (Å²) in [5.74, 6) is 2.40. The first-order valence-electron chi connectivity index (χ1n) is 9.33. The van der Waals surface area contributed by atoms with E-state index in [2.05, 4.69) is 6.92 Å². The van der Waals surface area contributed by atoms with Gasteiger partial charge < -0.3 is 5.11 Å². The first-order chi connectivity index (χ1) is 10.9. The van der Waals surface area contributed by atoms with E-state index in [0.717, 1.165) is 51.2 Å². The zero-order valence-corrected chi connectivity index (χ0v) is 14.3. The van der Waals surface area contributed by atoms with E-state index < -0.39 is 5.60 Å². The quantitative estimate of drug-likeness (QED) is 0.595. The molecule has 0 aromatic carbocycles. The average molecular weight is 316 g/mol. The number of hydrogen-bond acceptors (Lipinski definition) is 3. The van der Waals surface area contributed by atoms with Crippen molar-refractivity contribution in [2.75, 3.05) is 0 Å². The van der Waals surface area contributed by atoms with Crippen LogP contribution in [0.4, 0.5) is 0 Å². The van der Waals surface area contributed by atoms with E-state index in [9.17, 15) is 14.7 Å². The number of Topliss-reactive ketones (excluding diaryl/α,β-unsaturated/α-hetero) is 1. The molecule has 0 radical (unpaired) electrons. The first kappa shape index (κ1) is 15.6. The van der Waals surface area contributed by atoms with Crippen molar-refractivity contribution in [3.63, 3.8) is 0 Å². The summed E-state index contributed by atoms with van der Waals surface area (Å²) in [5, 5.41) is 10.9. The number of aliphatic hydroxyl groups is 1. The van der Waals surface area contributed by atoms with Crippen LogP contribution in [0.2, 0.25) is 0 Å². The van der Waals surface area contributed by atoms with Crippen LogP contribution >= 0.6 is 0 Å². The molecule has 3 saturated carbocycles. The van der Waals surface area contributed by atoms with Gasteiger partial charge in [0.2, 0.25) is 0 Å². The van der Waals surface area contributed by atoms with Crippen LogP contribution in [0.15, 0.2) is 11.1 Å². The highest BCUT2D eigenvalue weighted by molar-refractivity contribution is 6.13. The Balaban J connectivity index is 1.68. The monoisotopic (exact) mass is 316 g/mol. The van der Waals surface area contributed by atoms with Crippen LogP contribution in [0.25, 0.3) is 0 Å². The zero-order chi connectivity index (χ0) is 16.4. The SMILES string of the molecule is CC12CCC3C4CCC(=O)C(C=O)=C4CCC3C1CC[C@]2(C)O. The largest absolute Gasteiger partial charge is 0.390 e. The molecule has 0 amide bonds. The summed E-state index contributed by atoms with van der Waals surface area (Å²) in [5.41, 5.74) is 1.19. The minimum absolute atomic E-state index is 0.0490. The Hall–Kier alpha value is -0.960. The summed E-state index contributed by atoms with van der Waals surface area (Å²) in [7, 11) is 0. The Morgan fingerprint density at radius 3 is 2.57 bits per heavy atom. The van der Waals surface area contributed by atoms with Gasteiger partial charge in [-0.05, 0) is 81.0 Å². The Kier molecular flexibility index (Phi) is 3.39. The highest BCUT2D eigenvalue weighted by atomic mass is 16.3. The maximum absolute atomic E-state index is 12.0. The second-order valence-electron chi connectivity index (χ2n) is 8.87. The van der Waals surface area contributed by atoms with Crippen molar-refractivity contribution in [3.8, 4) is 0 Å². The van der Waals surface area contributed by atoms with Gasteiger partial charge in [0.1, 0.15) is 0 Å². The maximum atomic E-state index is 12.0. The normalized spacial score (nSPS) is 49.4. The number of aldehydes is 1. The van der Waals surface area contributed by atoms with Gasteiger partial charge in [0, 0.05) is 6.42 Å². The van der Waals surface area contributed by atoms with Crippen LogP contribution in [-0.4, -0.2) is 22.8 Å². The second-order valence-corrected chi connectivity index (χ2v) is 8.87. The molecule has 4 rings (SSSR count). The Morgan fingerprint density at radius 1 is 1.04 bits per heavy atom. The van der Waals surface area contributed by atoms with E-state index in [-0.39, 0.29) is 11.2 Å². The number of carbonyl (C=O) groups excluding carboxylic acids is 2. The minimum atomic E-state index is -0.532. The van der Waals surface area contributed by atoms with Crippen molar-refractivity contribution in [1.82, 2.24) is 0 Å². The van der Waals surface area contributed by atoms with Crippen molar-refractivity contribution in [2.24, 2.45) is 29.1 Å². The van der Waals surface area contributed by atoms with Crippen molar-refractivity contribution < 1.29 is 14.7 Å². The van der Waals surface area contributed by atoms with Gasteiger partial charge >= 0.3 is 0 Å². The van der Waals surface area contributed by atoms with E-state index in [0.29, 0.717) is 35.7 Å². The van der Waals surface area contributed by atoms with E-state index in [1.165, 1.54) is 5.57 Å². The molecule has 4 aliphatic rings. The standard InChI is InChI=1S/C20H28O3/c1-19-9-7-14-12-5-6-18(22)16(11-21)13(12)3-4-15(14)17(19)8-10-20(19,2)23/h11-12,14-15,17,23H,3-10H2,1-2H3/t12?,14?,15?,17?,19?,20-/m0/s1. The molecule has 0 aromatic rings. The van der Waals surface area contributed by atoms with Gasteiger partial charge in [-0.2, -0.15) is 0 Å². The molecule has 1 N–H and O–H groups in total. The molecular formula is C20H28O3. The molecule has 0 aliphatic heterocycles. The van der Waals surface area contributed by atoms with Crippen molar-refractivity contribution in [1.29, 1.82) is 0 Å². The molecule has 5 unspecified atom stereocenters. The fraction of sp³-hybridized carbons (Fsp3) is 0.800. The third-order valence-corrected chi connectivity index (χ3v) is 8.21. The van der Waals surface area contributed by atoms with E-state index in [1.54, 1.807) is 0 Å².